The van der Waals surface area contributed by atoms with Gasteiger partial charge in [-0.25, -0.2) is 9.97 Å². The Kier molecular flexibility index (Phi) is 4.54. The third kappa shape index (κ3) is 3.25. The van der Waals surface area contributed by atoms with Gasteiger partial charge >= 0.3 is 0 Å². The van der Waals surface area contributed by atoms with Crippen LogP contribution in [0.2, 0.25) is 0 Å². The minimum absolute atomic E-state index is 0.653. The first-order valence-corrected chi connectivity index (χ1v) is 13.3. The molecule has 39 heavy (non-hydrogen) atoms. The zero-order chi connectivity index (χ0) is 26.2. The molecule has 0 atom stereocenters. The van der Waals surface area contributed by atoms with Gasteiger partial charge in [-0.15, -0.1) is 0 Å². The van der Waals surface area contributed by atoms with Crippen molar-refractivity contribution in [3.8, 4) is 17.2 Å². The molecule has 0 amide bonds. The summed E-state index contributed by atoms with van der Waals surface area (Å²) in [6.07, 6.45) is 0. The predicted octanol–water partition coefficient (Wildman–Crippen LogP) is 9.22. The van der Waals surface area contributed by atoms with E-state index in [9.17, 15) is 0 Å². The monoisotopic (exact) mass is 503 g/mol. The molecule has 0 saturated carbocycles. The minimum Gasteiger partial charge on any atom is -0.456 e. The Balaban J connectivity index is 1.52. The molecule has 4 nitrogen and oxygen atoms in total. The van der Waals surface area contributed by atoms with Crippen LogP contribution in [0.15, 0.2) is 101 Å². The average Bonchev–Trinajstić information content (AvgIpc) is 3.47. The molecule has 3 heterocycles. The van der Waals surface area contributed by atoms with Gasteiger partial charge < -0.3 is 4.42 Å². The molecule has 3 aromatic heterocycles. The number of aryl methyl sites for hydroxylation is 3. The number of rotatable bonds is 2. The highest BCUT2D eigenvalue weighted by atomic mass is 16.3. The molecule has 4 heteroatoms. The van der Waals surface area contributed by atoms with Crippen LogP contribution in [-0.2, 0) is 0 Å². The first-order valence-electron chi connectivity index (χ1n) is 13.3. The van der Waals surface area contributed by atoms with E-state index in [-0.39, 0.29) is 0 Å². The third-order valence-corrected chi connectivity index (χ3v) is 7.82. The molecule has 0 bridgehead atoms. The second-order valence-corrected chi connectivity index (χ2v) is 10.5. The SMILES string of the molecule is Cc1cccc(-c2nc(-n3c4ccc(C)cc4c4cc5c(cc43)oc3c(C)cccc35)nc3ccccc23)c1. The summed E-state index contributed by atoms with van der Waals surface area (Å²) in [5, 5.41) is 5.66. The first kappa shape index (κ1) is 22.1. The van der Waals surface area contributed by atoms with Crippen molar-refractivity contribution in [3.05, 3.63) is 114 Å². The van der Waals surface area contributed by atoms with Crippen molar-refractivity contribution in [2.45, 2.75) is 20.8 Å². The molecule has 0 spiro atoms. The maximum absolute atomic E-state index is 6.42. The van der Waals surface area contributed by atoms with Gasteiger partial charge in [-0.2, -0.15) is 0 Å². The Bertz CT molecular complexity index is 2270. The van der Waals surface area contributed by atoms with Crippen LogP contribution in [0, 0.1) is 20.8 Å². The number of hydrogen-bond donors (Lipinski definition) is 0. The summed E-state index contributed by atoms with van der Waals surface area (Å²) in [7, 11) is 0. The Morgan fingerprint density at radius 1 is 0.590 bits per heavy atom. The zero-order valence-electron chi connectivity index (χ0n) is 22.0. The van der Waals surface area contributed by atoms with Crippen molar-refractivity contribution in [1.29, 1.82) is 0 Å². The maximum atomic E-state index is 6.42. The Morgan fingerprint density at radius 3 is 2.28 bits per heavy atom. The van der Waals surface area contributed by atoms with Gasteiger partial charge in [0.25, 0.3) is 0 Å². The molecule has 0 saturated heterocycles. The summed E-state index contributed by atoms with van der Waals surface area (Å²) < 4.78 is 8.61. The normalized spacial score (nSPS) is 12.0. The van der Waals surface area contributed by atoms with E-state index < -0.39 is 0 Å². The highest BCUT2D eigenvalue weighted by molar-refractivity contribution is 6.17. The van der Waals surface area contributed by atoms with Crippen molar-refractivity contribution < 1.29 is 4.42 Å². The van der Waals surface area contributed by atoms with Crippen LogP contribution in [0.4, 0.5) is 0 Å². The smallest absolute Gasteiger partial charge is 0.235 e. The lowest BCUT2D eigenvalue weighted by Crippen LogP contribution is -2.03. The van der Waals surface area contributed by atoms with Gasteiger partial charge in [-0.3, -0.25) is 4.57 Å². The van der Waals surface area contributed by atoms with Crippen LogP contribution in [0.5, 0.6) is 0 Å². The fourth-order valence-electron chi connectivity index (χ4n) is 5.96. The van der Waals surface area contributed by atoms with E-state index in [1.165, 1.54) is 21.9 Å². The number of benzene rings is 5. The van der Waals surface area contributed by atoms with Crippen LogP contribution >= 0.6 is 0 Å². The van der Waals surface area contributed by atoms with Crippen LogP contribution in [0.1, 0.15) is 16.7 Å². The van der Waals surface area contributed by atoms with Gasteiger partial charge in [0, 0.05) is 38.6 Å². The van der Waals surface area contributed by atoms with Gasteiger partial charge in [-0.05, 0) is 56.7 Å². The topological polar surface area (TPSA) is 43.9 Å². The molecular formula is C35H25N3O. The predicted molar refractivity (Wildman–Crippen MR) is 161 cm³/mol. The summed E-state index contributed by atoms with van der Waals surface area (Å²) in [6.45, 7) is 6.35. The van der Waals surface area contributed by atoms with E-state index >= 15 is 0 Å². The fraction of sp³-hybridized carbons (Fsp3) is 0.0857. The van der Waals surface area contributed by atoms with Crippen molar-refractivity contribution in [2.75, 3.05) is 0 Å². The van der Waals surface area contributed by atoms with Crippen LogP contribution in [-0.4, -0.2) is 14.5 Å². The second kappa shape index (κ2) is 8.02. The Morgan fingerprint density at radius 2 is 1.38 bits per heavy atom. The van der Waals surface area contributed by atoms with E-state index in [2.05, 4.69) is 110 Å². The van der Waals surface area contributed by atoms with Crippen molar-refractivity contribution in [1.82, 2.24) is 14.5 Å². The van der Waals surface area contributed by atoms with Gasteiger partial charge in [-0.1, -0.05) is 71.8 Å². The molecular weight excluding hydrogens is 478 g/mol. The van der Waals surface area contributed by atoms with E-state index in [1.807, 2.05) is 12.1 Å². The molecule has 8 rings (SSSR count). The molecule has 5 aromatic carbocycles. The number of fused-ring (bicyclic) bond motifs is 7. The van der Waals surface area contributed by atoms with E-state index in [0.29, 0.717) is 5.95 Å². The zero-order valence-corrected chi connectivity index (χ0v) is 22.0. The molecule has 0 aliphatic carbocycles. The average molecular weight is 504 g/mol. The third-order valence-electron chi connectivity index (χ3n) is 7.82. The van der Waals surface area contributed by atoms with Gasteiger partial charge in [0.2, 0.25) is 5.95 Å². The highest BCUT2D eigenvalue weighted by Gasteiger charge is 2.20. The van der Waals surface area contributed by atoms with E-state index in [1.54, 1.807) is 0 Å². The van der Waals surface area contributed by atoms with Gasteiger partial charge in [0.15, 0.2) is 0 Å². The summed E-state index contributed by atoms with van der Waals surface area (Å²) >= 11 is 0. The van der Waals surface area contributed by atoms with Crippen LogP contribution in [0.25, 0.3) is 71.9 Å². The van der Waals surface area contributed by atoms with Crippen molar-refractivity contribution in [3.63, 3.8) is 0 Å². The standard InChI is InChI=1S/C35H25N3O/c1-20-8-6-10-23(16-20)33-25-11-4-5-13-29(25)36-35(37-33)38-30-15-14-21(2)17-26(30)27-18-28-24-12-7-9-22(3)34(24)39-32(28)19-31(27)38/h4-19H,1-3H3. The molecule has 0 fully saturated rings. The number of hydrogen-bond acceptors (Lipinski definition) is 3. The number of furan rings is 1. The molecule has 8 aromatic rings. The largest absolute Gasteiger partial charge is 0.456 e. The lowest BCUT2D eigenvalue weighted by molar-refractivity contribution is 0.666. The molecule has 0 N–H and O–H groups in total. The quantitative estimate of drug-likeness (QED) is 0.236. The van der Waals surface area contributed by atoms with E-state index in [4.69, 9.17) is 14.4 Å². The minimum atomic E-state index is 0.653. The van der Waals surface area contributed by atoms with Crippen LogP contribution < -0.4 is 0 Å². The molecule has 0 unspecified atom stereocenters. The first-order chi connectivity index (χ1) is 19.0. The molecule has 0 aliphatic rings. The Hall–Kier alpha value is -4.96. The summed E-state index contributed by atoms with van der Waals surface area (Å²) in [6, 6.07) is 34.1. The molecule has 0 aliphatic heterocycles. The maximum Gasteiger partial charge on any atom is 0.235 e. The van der Waals surface area contributed by atoms with Gasteiger partial charge in [0.1, 0.15) is 11.2 Å². The Labute approximate surface area is 225 Å². The van der Waals surface area contributed by atoms with Crippen LogP contribution in [0.3, 0.4) is 0 Å². The van der Waals surface area contributed by atoms with Crippen molar-refractivity contribution in [2.24, 2.45) is 0 Å². The fourth-order valence-corrected chi connectivity index (χ4v) is 5.96. The van der Waals surface area contributed by atoms with Gasteiger partial charge in [0.05, 0.1) is 22.2 Å². The lowest BCUT2D eigenvalue weighted by atomic mass is 10.0. The second-order valence-electron chi connectivity index (χ2n) is 10.5. The number of aromatic nitrogens is 3. The summed E-state index contributed by atoms with van der Waals surface area (Å²) in [5.74, 6) is 0.653. The lowest BCUT2D eigenvalue weighted by Gasteiger charge is -2.12. The highest BCUT2D eigenvalue weighted by Crippen LogP contribution is 2.39. The summed E-state index contributed by atoms with van der Waals surface area (Å²) in [4.78, 5) is 10.3. The van der Waals surface area contributed by atoms with E-state index in [0.717, 1.165) is 60.7 Å². The molecule has 0 radical (unpaired) electrons. The summed E-state index contributed by atoms with van der Waals surface area (Å²) in [5.41, 5.74) is 10.4. The number of para-hydroxylation sites is 2. The molecule has 186 valence electrons. The van der Waals surface area contributed by atoms with Crippen molar-refractivity contribution >= 4 is 54.6 Å². The number of nitrogens with zero attached hydrogens (tertiary/aromatic N) is 3.